The van der Waals surface area contributed by atoms with Crippen molar-refractivity contribution >= 4 is 5.97 Å². The lowest BCUT2D eigenvalue weighted by Crippen LogP contribution is -2.39. The van der Waals surface area contributed by atoms with Gasteiger partial charge >= 0.3 is 5.97 Å². The van der Waals surface area contributed by atoms with Crippen LogP contribution in [0.5, 0.6) is 0 Å². The molecule has 1 rings (SSSR count). The molecule has 0 aliphatic heterocycles. The van der Waals surface area contributed by atoms with Crippen LogP contribution in [0.25, 0.3) is 0 Å². The molecule has 0 atom stereocenters. The SMILES string of the molecule is COC(=O)C1CCC(NN)CC1. The van der Waals surface area contributed by atoms with Crippen LogP contribution in [0.1, 0.15) is 25.7 Å². The van der Waals surface area contributed by atoms with Crippen LogP contribution >= 0.6 is 0 Å². The molecule has 70 valence electrons. The molecule has 1 saturated carbocycles. The van der Waals surface area contributed by atoms with Gasteiger partial charge in [0.05, 0.1) is 13.0 Å². The van der Waals surface area contributed by atoms with Crippen LogP contribution in [0.3, 0.4) is 0 Å². The predicted octanol–water partition coefficient (Wildman–Crippen LogP) is 0.181. The molecule has 0 aromatic rings. The Hall–Kier alpha value is -0.610. The van der Waals surface area contributed by atoms with E-state index < -0.39 is 0 Å². The molecular weight excluding hydrogens is 156 g/mol. The summed E-state index contributed by atoms with van der Waals surface area (Å²) in [7, 11) is 1.44. The van der Waals surface area contributed by atoms with E-state index in [2.05, 4.69) is 10.2 Å². The van der Waals surface area contributed by atoms with Crippen LogP contribution in [0.15, 0.2) is 0 Å². The first kappa shape index (κ1) is 9.48. The standard InChI is InChI=1S/C8H16N2O2/c1-12-8(11)6-2-4-7(10-9)5-3-6/h6-7,10H,2-5,9H2,1H3. The summed E-state index contributed by atoms with van der Waals surface area (Å²) >= 11 is 0. The van der Waals surface area contributed by atoms with E-state index in [9.17, 15) is 4.79 Å². The first-order chi connectivity index (χ1) is 5.77. The molecule has 0 saturated heterocycles. The van der Waals surface area contributed by atoms with E-state index in [1.54, 1.807) is 0 Å². The van der Waals surface area contributed by atoms with Crippen molar-refractivity contribution in [2.45, 2.75) is 31.7 Å². The molecule has 0 radical (unpaired) electrons. The molecule has 0 unspecified atom stereocenters. The van der Waals surface area contributed by atoms with Crippen LogP contribution < -0.4 is 11.3 Å². The molecule has 4 nitrogen and oxygen atoms in total. The summed E-state index contributed by atoms with van der Waals surface area (Å²) in [6.07, 6.45) is 3.72. The highest BCUT2D eigenvalue weighted by atomic mass is 16.5. The van der Waals surface area contributed by atoms with E-state index in [0.29, 0.717) is 6.04 Å². The minimum atomic E-state index is -0.0783. The van der Waals surface area contributed by atoms with Gasteiger partial charge in [0.2, 0.25) is 0 Å². The monoisotopic (exact) mass is 172 g/mol. The summed E-state index contributed by atoms with van der Waals surface area (Å²) in [5, 5.41) is 0. The summed E-state index contributed by atoms with van der Waals surface area (Å²) in [5.74, 6) is 5.31. The fraction of sp³-hybridized carbons (Fsp3) is 0.875. The van der Waals surface area contributed by atoms with Crippen molar-refractivity contribution in [1.82, 2.24) is 5.43 Å². The fourth-order valence-corrected chi connectivity index (χ4v) is 1.66. The van der Waals surface area contributed by atoms with Crippen molar-refractivity contribution < 1.29 is 9.53 Å². The number of hydrogen-bond donors (Lipinski definition) is 2. The number of hydrazine groups is 1. The second kappa shape index (κ2) is 4.42. The lowest BCUT2D eigenvalue weighted by molar-refractivity contribution is -0.146. The third-order valence-corrected chi connectivity index (χ3v) is 2.50. The minimum absolute atomic E-state index is 0.0783. The van der Waals surface area contributed by atoms with Crippen LogP contribution in [-0.4, -0.2) is 19.1 Å². The topological polar surface area (TPSA) is 64.3 Å². The Bertz CT molecular complexity index is 153. The molecule has 0 aromatic heterocycles. The van der Waals surface area contributed by atoms with Crippen molar-refractivity contribution in [3.63, 3.8) is 0 Å². The van der Waals surface area contributed by atoms with Crippen LogP contribution in [0.2, 0.25) is 0 Å². The highest BCUT2D eigenvalue weighted by Crippen LogP contribution is 2.24. The number of nitrogens with two attached hydrogens (primary N) is 1. The Morgan fingerprint density at radius 3 is 2.42 bits per heavy atom. The van der Waals surface area contributed by atoms with Crippen molar-refractivity contribution in [1.29, 1.82) is 0 Å². The summed E-state index contributed by atoms with van der Waals surface area (Å²) in [4.78, 5) is 11.1. The molecule has 0 heterocycles. The highest BCUT2D eigenvalue weighted by molar-refractivity contribution is 5.72. The van der Waals surface area contributed by atoms with Gasteiger partial charge in [0, 0.05) is 6.04 Å². The number of ether oxygens (including phenoxy) is 1. The number of hydrogen-bond acceptors (Lipinski definition) is 4. The van der Waals surface area contributed by atoms with Gasteiger partial charge in [-0.15, -0.1) is 0 Å². The van der Waals surface area contributed by atoms with Gasteiger partial charge in [-0.2, -0.15) is 0 Å². The van der Waals surface area contributed by atoms with Gasteiger partial charge in [-0.3, -0.25) is 16.1 Å². The van der Waals surface area contributed by atoms with E-state index in [1.165, 1.54) is 7.11 Å². The molecular formula is C8H16N2O2. The van der Waals surface area contributed by atoms with Crippen LogP contribution in [0.4, 0.5) is 0 Å². The van der Waals surface area contributed by atoms with Gasteiger partial charge < -0.3 is 4.74 Å². The fourth-order valence-electron chi connectivity index (χ4n) is 1.66. The van der Waals surface area contributed by atoms with Gasteiger partial charge in [0.1, 0.15) is 0 Å². The van der Waals surface area contributed by atoms with Gasteiger partial charge in [0.15, 0.2) is 0 Å². The highest BCUT2D eigenvalue weighted by Gasteiger charge is 2.25. The third kappa shape index (κ3) is 2.19. The maximum atomic E-state index is 11.1. The van der Waals surface area contributed by atoms with Crippen molar-refractivity contribution in [2.75, 3.05) is 7.11 Å². The average molecular weight is 172 g/mol. The molecule has 12 heavy (non-hydrogen) atoms. The van der Waals surface area contributed by atoms with Crippen molar-refractivity contribution in [3.05, 3.63) is 0 Å². The van der Waals surface area contributed by atoms with E-state index >= 15 is 0 Å². The quantitative estimate of drug-likeness (QED) is 0.354. The number of nitrogens with one attached hydrogen (secondary N) is 1. The Labute approximate surface area is 72.4 Å². The third-order valence-electron chi connectivity index (χ3n) is 2.50. The number of methoxy groups -OCH3 is 1. The number of carbonyl (C=O) groups is 1. The van der Waals surface area contributed by atoms with E-state index in [4.69, 9.17) is 5.84 Å². The zero-order chi connectivity index (χ0) is 8.97. The summed E-state index contributed by atoms with van der Waals surface area (Å²) in [6, 6.07) is 0.380. The first-order valence-corrected chi connectivity index (χ1v) is 4.32. The van der Waals surface area contributed by atoms with Crippen LogP contribution in [-0.2, 0) is 9.53 Å². The average Bonchev–Trinajstić information content (AvgIpc) is 2.17. The van der Waals surface area contributed by atoms with Gasteiger partial charge in [-0.05, 0) is 25.7 Å². The molecule has 0 bridgehead atoms. The Kier molecular flexibility index (Phi) is 3.49. The van der Waals surface area contributed by atoms with E-state index in [-0.39, 0.29) is 11.9 Å². The minimum Gasteiger partial charge on any atom is -0.469 e. The summed E-state index contributed by atoms with van der Waals surface area (Å²) in [6.45, 7) is 0. The molecule has 0 aromatic carbocycles. The summed E-state index contributed by atoms with van der Waals surface area (Å²) in [5.41, 5.74) is 2.73. The van der Waals surface area contributed by atoms with E-state index in [0.717, 1.165) is 25.7 Å². The Morgan fingerprint density at radius 1 is 1.42 bits per heavy atom. The van der Waals surface area contributed by atoms with Gasteiger partial charge in [-0.1, -0.05) is 0 Å². The normalized spacial score (nSPS) is 29.8. The second-order valence-corrected chi connectivity index (χ2v) is 3.24. The molecule has 4 heteroatoms. The predicted molar refractivity (Wildman–Crippen MR) is 45.1 cm³/mol. The summed E-state index contributed by atoms with van der Waals surface area (Å²) < 4.78 is 4.67. The zero-order valence-electron chi connectivity index (χ0n) is 7.38. The zero-order valence-corrected chi connectivity index (χ0v) is 7.38. The lowest BCUT2D eigenvalue weighted by atomic mass is 9.86. The van der Waals surface area contributed by atoms with Crippen molar-refractivity contribution in [2.24, 2.45) is 11.8 Å². The lowest BCUT2D eigenvalue weighted by Gasteiger charge is -2.25. The van der Waals surface area contributed by atoms with Crippen LogP contribution in [0, 0.1) is 5.92 Å². The first-order valence-electron chi connectivity index (χ1n) is 4.32. The van der Waals surface area contributed by atoms with E-state index in [1.807, 2.05) is 0 Å². The second-order valence-electron chi connectivity index (χ2n) is 3.24. The Morgan fingerprint density at radius 2 is 2.00 bits per heavy atom. The Balaban J connectivity index is 2.30. The number of rotatable bonds is 2. The molecule has 1 aliphatic rings. The van der Waals surface area contributed by atoms with Gasteiger partial charge in [-0.25, -0.2) is 0 Å². The maximum absolute atomic E-state index is 11.1. The molecule has 0 amide bonds. The number of esters is 1. The molecule has 1 aliphatic carbocycles. The molecule has 0 spiro atoms. The maximum Gasteiger partial charge on any atom is 0.308 e. The largest absolute Gasteiger partial charge is 0.469 e. The molecule has 3 N–H and O–H groups in total. The number of carbonyl (C=O) groups excluding carboxylic acids is 1. The smallest absolute Gasteiger partial charge is 0.308 e. The van der Waals surface area contributed by atoms with Crippen molar-refractivity contribution in [3.8, 4) is 0 Å². The molecule has 1 fully saturated rings. The van der Waals surface area contributed by atoms with Gasteiger partial charge in [0.25, 0.3) is 0 Å².